The van der Waals surface area contributed by atoms with Crippen LogP contribution < -0.4 is 0 Å². The number of methoxy groups -OCH3 is 1. The van der Waals surface area contributed by atoms with Crippen LogP contribution in [-0.4, -0.2) is 55.2 Å². The van der Waals surface area contributed by atoms with Gasteiger partial charge in [-0.1, -0.05) is 0 Å². The minimum Gasteiger partial charge on any atom is -0.376 e. The van der Waals surface area contributed by atoms with Crippen LogP contribution in [0.3, 0.4) is 0 Å². The van der Waals surface area contributed by atoms with Crippen LogP contribution in [0.2, 0.25) is 0 Å². The van der Waals surface area contributed by atoms with E-state index in [9.17, 15) is 9.46 Å². The van der Waals surface area contributed by atoms with Gasteiger partial charge in [-0.3, -0.25) is 9.05 Å². The first-order valence-corrected chi connectivity index (χ1v) is 8.65. The van der Waals surface area contributed by atoms with Crippen LogP contribution in [0.15, 0.2) is 0 Å². The van der Waals surface area contributed by atoms with E-state index in [0.717, 1.165) is 0 Å². The molecule has 0 radical (unpaired) electrons. The maximum Gasteiger partial charge on any atom is 0.472 e. The van der Waals surface area contributed by atoms with Gasteiger partial charge in [0.15, 0.2) is 0 Å². The smallest absolute Gasteiger partial charge is 0.376 e. The van der Waals surface area contributed by atoms with Crippen LogP contribution in [0.25, 0.3) is 0 Å². The fourth-order valence-corrected chi connectivity index (χ4v) is 3.24. The van der Waals surface area contributed by atoms with Crippen molar-refractivity contribution in [2.24, 2.45) is 0 Å². The summed E-state index contributed by atoms with van der Waals surface area (Å²) < 4.78 is 38.5. The standard InChI is InChI=1S/C13H27O7P/c1-8(2)18-13-11(19-10(5)12(13)16-6)7-17-21(14,15)20-9(3)4/h8-13H,7H2,1-6H3,(H,14,15)/t10-,11+,12+,13?/m0/s1. The van der Waals surface area contributed by atoms with Crippen molar-refractivity contribution in [3.05, 3.63) is 0 Å². The zero-order valence-electron chi connectivity index (χ0n) is 13.5. The van der Waals surface area contributed by atoms with Crippen molar-refractivity contribution in [2.45, 2.75) is 71.2 Å². The second-order valence-electron chi connectivity index (χ2n) is 5.65. The van der Waals surface area contributed by atoms with Crippen LogP contribution in [0, 0.1) is 0 Å². The Bertz CT molecular complexity index is 360. The van der Waals surface area contributed by atoms with Gasteiger partial charge in [0.2, 0.25) is 0 Å². The highest BCUT2D eigenvalue weighted by Gasteiger charge is 2.45. The van der Waals surface area contributed by atoms with Crippen molar-refractivity contribution in [3.8, 4) is 0 Å². The average Bonchev–Trinajstić information content (AvgIpc) is 2.60. The van der Waals surface area contributed by atoms with Crippen molar-refractivity contribution in [2.75, 3.05) is 13.7 Å². The third-order valence-electron chi connectivity index (χ3n) is 2.99. The Morgan fingerprint density at radius 1 is 1.19 bits per heavy atom. The molecule has 21 heavy (non-hydrogen) atoms. The number of hydrogen-bond donors (Lipinski definition) is 1. The molecule has 1 aliphatic rings. The highest BCUT2D eigenvalue weighted by molar-refractivity contribution is 7.47. The Labute approximate surface area is 126 Å². The number of phosphoric acid groups is 1. The van der Waals surface area contributed by atoms with Crippen LogP contribution in [-0.2, 0) is 27.8 Å². The van der Waals surface area contributed by atoms with Crippen LogP contribution in [0.1, 0.15) is 34.6 Å². The highest BCUT2D eigenvalue weighted by Crippen LogP contribution is 2.45. The molecule has 0 aromatic rings. The van der Waals surface area contributed by atoms with E-state index >= 15 is 0 Å². The molecule has 0 spiro atoms. The molecule has 1 aliphatic heterocycles. The van der Waals surface area contributed by atoms with Gasteiger partial charge in [-0.05, 0) is 34.6 Å². The molecule has 7 nitrogen and oxygen atoms in total. The fourth-order valence-electron chi connectivity index (χ4n) is 2.31. The number of phosphoric ester groups is 1. The minimum absolute atomic E-state index is 0.0168. The number of hydrogen-bond acceptors (Lipinski definition) is 6. The van der Waals surface area contributed by atoms with Gasteiger partial charge in [0, 0.05) is 7.11 Å². The van der Waals surface area contributed by atoms with E-state index in [0.29, 0.717) is 0 Å². The molecule has 8 heteroatoms. The average molecular weight is 326 g/mol. The number of ether oxygens (including phenoxy) is 3. The zero-order valence-corrected chi connectivity index (χ0v) is 14.4. The first-order chi connectivity index (χ1) is 9.66. The Hall–Kier alpha value is -0.0100. The molecule has 0 bridgehead atoms. The van der Waals surface area contributed by atoms with Gasteiger partial charge < -0.3 is 19.1 Å². The molecule has 1 heterocycles. The predicted molar refractivity (Wildman–Crippen MR) is 77.1 cm³/mol. The van der Waals surface area contributed by atoms with E-state index in [4.69, 9.17) is 23.3 Å². The van der Waals surface area contributed by atoms with Crippen molar-refractivity contribution < 1.29 is 32.7 Å². The predicted octanol–water partition coefficient (Wildman–Crippen LogP) is 2.12. The fraction of sp³-hybridized carbons (Fsp3) is 1.00. The van der Waals surface area contributed by atoms with Crippen LogP contribution in [0.4, 0.5) is 0 Å². The Morgan fingerprint density at radius 3 is 2.29 bits per heavy atom. The third-order valence-corrected chi connectivity index (χ3v) is 4.15. The quantitative estimate of drug-likeness (QED) is 0.684. The lowest BCUT2D eigenvalue weighted by atomic mass is 10.1. The van der Waals surface area contributed by atoms with Crippen LogP contribution >= 0.6 is 7.82 Å². The van der Waals surface area contributed by atoms with E-state index in [-0.39, 0.29) is 31.0 Å². The first kappa shape index (κ1) is 19.0. The molecule has 0 amide bonds. The molecular weight excluding hydrogens is 299 g/mol. The molecule has 1 saturated heterocycles. The Balaban J connectivity index is 2.65. The van der Waals surface area contributed by atoms with Crippen molar-refractivity contribution in [1.82, 2.24) is 0 Å². The molecule has 126 valence electrons. The lowest BCUT2D eigenvalue weighted by Crippen LogP contribution is -2.39. The maximum absolute atomic E-state index is 11.7. The number of rotatable bonds is 8. The molecule has 1 fully saturated rings. The summed E-state index contributed by atoms with van der Waals surface area (Å²) in [7, 11) is -2.50. The van der Waals surface area contributed by atoms with Crippen molar-refractivity contribution >= 4 is 7.82 Å². The molecule has 0 aliphatic carbocycles. The molecule has 1 rings (SSSR count). The summed E-state index contributed by atoms with van der Waals surface area (Å²) in [6, 6.07) is 0. The van der Waals surface area contributed by atoms with Gasteiger partial charge >= 0.3 is 7.82 Å². The second kappa shape index (κ2) is 8.02. The summed E-state index contributed by atoms with van der Waals surface area (Å²) in [6.45, 7) is 8.91. The Morgan fingerprint density at radius 2 is 1.81 bits per heavy atom. The molecular formula is C13H27O7P. The zero-order chi connectivity index (χ0) is 16.2. The minimum atomic E-state index is -4.09. The summed E-state index contributed by atoms with van der Waals surface area (Å²) in [5, 5.41) is 0. The van der Waals surface area contributed by atoms with E-state index < -0.39 is 20.0 Å². The lowest BCUT2D eigenvalue weighted by Gasteiger charge is -2.25. The van der Waals surface area contributed by atoms with Crippen LogP contribution in [0.5, 0.6) is 0 Å². The van der Waals surface area contributed by atoms with Gasteiger partial charge in [0.05, 0.1) is 24.9 Å². The van der Waals surface area contributed by atoms with E-state index in [1.165, 1.54) is 0 Å². The normalized spacial score (nSPS) is 32.8. The van der Waals surface area contributed by atoms with E-state index in [1.807, 2.05) is 20.8 Å². The maximum atomic E-state index is 11.7. The second-order valence-corrected chi connectivity index (χ2v) is 7.05. The van der Waals surface area contributed by atoms with Gasteiger partial charge in [0.1, 0.15) is 18.3 Å². The summed E-state index contributed by atoms with van der Waals surface area (Å²) in [5.74, 6) is 0. The molecule has 2 unspecified atom stereocenters. The molecule has 0 aromatic heterocycles. The lowest BCUT2D eigenvalue weighted by molar-refractivity contribution is -0.0845. The SMILES string of the molecule is CO[C@H]1C(OC(C)C)[C@@H](COP(=O)(O)OC(C)C)O[C@H]1C. The van der Waals surface area contributed by atoms with Gasteiger partial charge in [0.25, 0.3) is 0 Å². The topological polar surface area (TPSA) is 83.5 Å². The van der Waals surface area contributed by atoms with Gasteiger partial charge in [-0.2, -0.15) is 0 Å². The highest BCUT2D eigenvalue weighted by atomic mass is 31.2. The largest absolute Gasteiger partial charge is 0.472 e. The Kier molecular flexibility index (Phi) is 7.27. The van der Waals surface area contributed by atoms with Crippen molar-refractivity contribution in [3.63, 3.8) is 0 Å². The first-order valence-electron chi connectivity index (χ1n) is 7.15. The van der Waals surface area contributed by atoms with Crippen molar-refractivity contribution in [1.29, 1.82) is 0 Å². The summed E-state index contributed by atoms with van der Waals surface area (Å²) >= 11 is 0. The van der Waals surface area contributed by atoms with E-state index in [2.05, 4.69) is 0 Å². The van der Waals surface area contributed by atoms with Gasteiger partial charge in [-0.15, -0.1) is 0 Å². The van der Waals surface area contributed by atoms with E-state index in [1.54, 1.807) is 21.0 Å². The summed E-state index contributed by atoms with van der Waals surface area (Å²) in [5.41, 5.74) is 0. The monoisotopic (exact) mass is 326 g/mol. The molecule has 0 saturated carbocycles. The van der Waals surface area contributed by atoms with Gasteiger partial charge in [-0.25, -0.2) is 4.57 Å². The molecule has 1 N–H and O–H groups in total. The third kappa shape index (κ3) is 5.94. The molecule has 5 atom stereocenters. The summed E-state index contributed by atoms with van der Waals surface area (Å²) in [6.07, 6.45) is -1.69. The summed E-state index contributed by atoms with van der Waals surface area (Å²) in [4.78, 5) is 9.59. The molecule has 0 aromatic carbocycles.